The van der Waals surface area contributed by atoms with Crippen molar-refractivity contribution in [2.45, 2.75) is 71.8 Å². The molecule has 9 heteroatoms. The van der Waals surface area contributed by atoms with Gasteiger partial charge in [0.1, 0.15) is 6.42 Å². The van der Waals surface area contributed by atoms with E-state index in [2.05, 4.69) is 5.32 Å². The molecular formula is C26H34F3N3O3. The third kappa shape index (κ3) is 7.53. The van der Waals surface area contributed by atoms with E-state index in [9.17, 15) is 27.9 Å². The Bertz CT molecular complexity index is 1040. The highest BCUT2D eigenvalue weighted by Crippen LogP contribution is 2.37. The summed E-state index contributed by atoms with van der Waals surface area (Å²) < 4.78 is 40.8. The van der Waals surface area contributed by atoms with Crippen LogP contribution in [0.2, 0.25) is 0 Å². The standard InChI is InChI=1S/C26H34F3N3O3/c1-5-7-23(33)22(15-31-14-19-11-10-16(2)12-17(19)3)32(25(35)13-24(30)34)21-9-6-8-20(18(21)4)26(27,28)29/h6,8-12,22-23,31,33H,5,7,13-15H2,1-4H3,(H2,30,34). The second kappa shape index (κ2) is 12.2. The number of hydrogen-bond acceptors (Lipinski definition) is 4. The van der Waals surface area contributed by atoms with Gasteiger partial charge in [-0.3, -0.25) is 9.59 Å². The Balaban J connectivity index is 2.48. The normalized spacial score (nSPS) is 13.4. The van der Waals surface area contributed by atoms with Crippen molar-refractivity contribution in [2.75, 3.05) is 11.4 Å². The number of aliphatic hydroxyl groups is 1. The number of hydrogen-bond donors (Lipinski definition) is 3. The zero-order valence-electron chi connectivity index (χ0n) is 20.6. The molecule has 0 aliphatic carbocycles. The number of aryl methyl sites for hydroxylation is 2. The molecule has 0 aromatic heterocycles. The first-order valence-corrected chi connectivity index (χ1v) is 11.6. The summed E-state index contributed by atoms with van der Waals surface area (Å²) in [5.41, 5.74) is 7.37. The molecule has 2 rings (SSSR count). The molecule has 0 heterocycles. The number of nitrogens with one attached hydrogen (secondary N) is 1. The monoisotopic (exact) mass is 493 g/mol. The number of rotatable bonds is 11. The molecule has 0 spiro atoms. The van der Waals surface area contributed by atoms with Gasteiger partial charge < -0.3 is 21.1 Å². The number of anilines is 1. The van der Waals surface area contributed by atoms with E-state index in [-0.39, 0.29) is 17.8 Å². The second-order valence-electron chi connectivity index (χ2n) is 8.84. The van der Waals surface area contributed by atoms with Crippen molar-refractivity contribution < 1.29 is 27.9 Å². The number of carbonyl (C=O) groups excluding carboxylic acids is 2. The fourth-order valence-electron chi connectivity index (χ4n) is 4.21. The quantitative estimate of drug-likeness (QED) is 0.410. The Morgan fingerprint density at radius 3 is 2.40 bits per heavy atom. The zero-order chi connectivity index (χ0) is 26.3. The molecule has 4 N–H and O–H groups in total. The van der Waals surface area contributed by atoms with Crippen LogP contribution in [0.5, 0.6) is 0 Å². The van der Waals surface area contributed by atoms with Crippen LogP contribution in [0.4, 0.5) is 18.9 Å². The molecule has 192 valence electrons. The minimum Gasteiger partial charge on any atom is -0.391 e. The van der Waals surface area contributed by atoms with Crippen LogP contribution in [0.15, 0.2) is 36.4 Å². The van der Waals surface area contributed by atoms with Gasteiger partial charge in [0.05, 0.1) is 17.7 Å². The van der Waals surface area contributed by atoms with Crippen molar-refractivity contribution in [2.24, 2.45) is 5.73 Å². The first kappa shape index (κ1) is 28.3. The summed E-state index contributed by atoms with van der Waals surface area (Å²) in [7, 11) is 0. The molecule has 2 amide bonds. The van der Waals surface area contributed by atoms with Crippen LogP contribution >= 0.6 is 0 Å². The predicted molar refractivity (Wildman–Crippen MR) is 130 cm³/mol. The molecular weight excluding hydrogens is 459 g/mol. The van der Waals surface area contributed by atoms with Crippen LogP contribution in [-0.2, 0) is 22.3 Å². The number of amides is 2. The summed E-state index contributed by atoms with van der Waals surface area (Å²) in [6.45, 7) is 7.61. The lowest BCUT2D eigenvalue weighted by atomic mass is 9.99. The van der Waals surface area contributed by atoms with Gasteiger partial charge in [-0.05, 0) is 56.0 Å². The SMILES string of the molecule is CCCC(O)C(CNCc1ccc(C)cc1C)N(C(=O)CC(N)=O)c1cccc(C(F)(F)F)c1C. The largest absolute Gasteiger partial charge is 0.416 e. The van der Waals surface area contributed by atoms with Crippen LogP contribution in [0, 0.1) is 20.8 Å². The van der Waals surface area contributed by atoms with Crippen LogP contribution in [-0.4, -0.2) is 35.6 Å². The third-order valence-electron chi connectivity index (χ3n) is 5.99. The van der Waals surface area contributed by atoms with E-state index >= 15 is 0 Å². The molecule has 0 aliphatic heterocycles. The Hall–Kier alpha value is -2.91. The van der Waals surface area contributed by atoms with E-state index in [4.69, 9.17) is 5.73 Å². The molecule has 0 radical (unpaired) electrons. The van der Waals surface area contributed by atoms with E-state index in [0.717, 1.165) is 27.7 Å². The summed E-state index contributed by atoms with van der Waals surface area (Å²) in [5, 5.41) is 14.2. The van der Waals surface area contributed by atoms with Crippen molar-refractivity contribution >= 4 is 17.5 Å². The van der Waals surface area contributed by atoms with Crippen molar-refractivity contribution in [3.8, 4) is 0 Å². The van der Waals surface area contributed by atoms with Crippen LogP contribution in [0.25, 0.3) is 0 Å². The number of nitrogens with two attached hydrogens (primary N) is 1. The Kier molecular flexibility index (Phi) is 9.85. The van der Waals surface area contributed by atoms with Gasteiger partial charge in [-0.1, -0.05) is 43.2 Å². The lowest BCUT2D eigenvalue weighted by molar-refractivity contribution is -0.138. The summed E-state index contributed by atoms with van der Waals surface area (Å²) in [6.07, 6.45) is -5.46. The molecule has 2 unspecified atom stereocenters. The fraction of sp³-hybridized carbons (Fsp3) is 0.462. The summed E-state index contributed by atoms with van der Waals surface area (Å²) in [4.78, 5) is 25.8. The highest BCUT2D eigenvalue weighted by atomic mass is 19.4. The fourth-order valence-corrected chi connectivity index (χ4v) is 4.21. The number of aliphatic hydroxyl groups excluding tert-OH is 1. The van der Waals surface area contributed by atoms with Gasteiger partial charge in [-0.25, -0.2) is 0 Å². The number of halogens is 3. The van der Waals surface area contributed by atoms with Crippen molar-refractivity contribution in [3.63, 3.8) is 0 Å². The van der Waals surface area contributed by atoms with Gasteiger partial charge in [0.2, 0.25) is 11.8 Å². The molecule has 0 fully saturated rings. The highest BCUT2D eigenvalue weighted by molar-refractivity contribution is 6.05. The van der Waals surface area contributed by atoms with E-state index in [0.29, 0.717) is 19.4 Å². The molecule has 2 aromatic carbocycles. The van der Waals surface area contributed by atoms with Crippen molar-refractivity contribution in [1.29, 1.82) is 0 Å². The third-order valence-corrected chi connectivity index (χ3v) is 5.99. The maximum Gasteiger partial charge on any atom is 0.416 e. The lowest BCUT2D eigenvalue weighted by Crippen LogP contribution is -2.53. The Morgan fingerprint density at radius 2 is 1.83 bits per heavy atom. The molecule has 0 bridgehead atoms. The average molecular weight is 494 g/mol. The van der Waals surface area contributed by atoms with E-state index in [1.165, 1.54) is 19.1 Å². The smallest absolute Gasteiger partial charge is 0.391 e. The molecule has 6 nitrogen and oxygen atoms in total. The van der Waals surface area contributed by atoms with Gasteiger partial charge in [-0.2, -0.15) is 13.2 Å². The topological polar surface area (TPSA) is 95.7 Å². The minimum absolute atomic E-state index is 0.0143. The Morgan fingerprint density at radius 1 is 1.14 bits per heavy atom. The maximum absolute atomic E-state index is 13.6. The number of benzene rings is 2. The molecule has 2 atom stereocenters. The molecule has 0 saturated carbocycles. The zero-order valence-corrected chi connectivity index (χ0v) is 20.6. The van der Waals surface area contributed by atoms with Crippen molar-refractivity contribution in [3.05, 3.63) is 64.2 Å². The minimum atomic E-state index is -4.63. The van der Waals surface area contributed by atoms with Gasteiger partial charge in [0, 0.05) is 18.8 Å². The number of carbonyl (C=O) groups is 2. The Labute approximate surface area is 204 Å². The van der Waals surface area contributed by atoms with Gasteiger partial charge in [0.25, 0.3) is 0 Å². The van der Waals surface area contributed by atoms with E-state index in [1.807, 2.05) is 39.0 Å². The van der Waals surface area contributed by atoms with Crippen LogP contribution in [0.1, 0.15) is 54.0 Å². The van der Waals surface area contributed by atoms with Crippen LogP contribution in [0.3, 0.4) is 0 Å². The van der Waals surface area contributed by atoms with Gasteiger partial charge >= 0.3 is 6.18 Å². The summed E-state index contributed by atoms with van der Waals surface area (Å²) >= 11 is 0. The maximum atomic E-state index is 13.6. The van der Waals surface area contributed by atoms with Crippen molar-refractivity contribution in [1.82, 2.24) is 5.32 Å². The summed E-state index contributed by atoms with van der Waals surface area (Å²) in [5.74, 6) is -1.68. The molecule has 35 heavy (non-hydrogen) atoms. The van der Waals surface area contributed by atoms with Crippen LogP contribution < -0.4 is 16.0 Å². The number of alkyl halides is 3. The molecule has 0 saturated heterocycles. The van der Waals surface area contributed by atoms with Gasteiger partial charge in [-0.15, -0.1) is 0 Å². The van der Waals surface area contributed by atoms with E-state index < -0.39 is 42.1 Å². The number of nitrogens with zero attached hydrogens (tertiary/aromatic N) is 1. The second-order valence-corrected chi connectivity index (χ2v) is 8.84. The molecule has 2 aromatic rings. The van der Waals surface area contributed by atoms with Gasteiger partial charge in [0.15, 0.2) is 0 Å². The van der Waals surface area contributed by atoms with E-state index in [1.54, 1.807) is 0 Å². The average Bonchev–Trinajstić information content (AvgIpc) is 2.74. The highest BCUT2D eigenvalue weighted by Gasteiger charge is 2.37. The first-order valence-electron chi connectivity index (χ1n) is 11.6. The summed E-state index contributed by atoms with van der Waals surface area (Å²) in [6, 6.07) is 8.60. The lowest BCUT2D eigenvalue weighted by Gasteiger charge is -2.36. The molecule has 0 aliphatic rings. The first-order chi connectivity index (χ1) is 16.4. The number of primary amides is 1. The predicted octanol–water partition coefficient (Wildman–Crippen LogP) is 4.16.